The molecule has 24 bridgehead atoms. The van der Waals surface area contributed by atoms with E-state index < -0.39 is 0 Å². The summed E-state index contributed by atoms with van der Waals surface area (Å²) in [5.74, 6) is 2.13. The van der Waals surface area contributed by atoms with E-state index in [4.69, 9.17) is 39.9 Å². The molecule has 644 valence electrons. The molecule has 34 rings (SSSR count). The van der Waals surface area contributed by atoms with Crippen molar-refractivity contribution in [3.8, 4) is 89.5 Å². The number of aromatic nitrogens is 6. The van der Waals surface area contributed by atoms with Gasteiger partial charge in [0.2, 0.25) is 0 Å². The smallest absolute Gasteiger partial charge is 0.656 e. The largest absolute Gasteiger partial charge is 2.00 e. The second kappa shape index (κ2) is 32.9. The number of rotatable bonds is 8. The van der Waals surface area contributed by atoms with Crippen LogP contribution in [0.15, 0.2) is 432 Å². The van der Waals surface area contributed by atoms with E-state index in [0.29, 0.717) is 0 Å². The molecule has 8 unspecified atom stereocenters. The summed E-state index contributed by atoms with van der Waals surface area (Å²) in [6.07, 6.45) is 29.1. The zero-order valence-electron chi connectivity index (χ0n) is 76.2. The van der Waals surface area contributed by atoms with Crippen LogP contribution in [0, 0.1) is 23.7 Å². The van der Waals surface area contributed by atoms with Crippen LogP contribution in [0.5, 0.6) is 0 Å². The first kappa shape index (κ1) is 82.5. The Hall–Kier alpha value is -14.9. The molecule has 0 N–H and O–H groups in total. The van der Waals surface area contributed by atoms with Gasteiger partial charge in [0.05, 0.1) is 45.6 Å². The van der Waals surface area contributed by atoms with Gasteiger partial charge in [0.15, 0.2) is 0 Å². The van der Waals surface area contributed by atoms with Crippen molar-refractivity contribution in [2.24, 2.45) is 33.7 Å². The molecule has 8 atom stereocenters. The average Bonchev–Trinajstić information content (AvgIpc) is 1.53. The van der Waals surface area contributed by atoms with Crippen LogP contribution >= 0.6 is 0 Å². The third kappa shape index (κ3) is 12.5. The first-order valence-electron chi connectivity index (χ1n) is 48.7. The molecule has 18 aliphatic rings. The van der Waals surface area contributed by atoms with E-state index in [-0.39, 0.29) is 86.3 Å². The van der Waals surface area contributed by atoms with Crippen molar-refractivity contribution in [1.29, 1.82) is 0 Å². The Morgan fingerprint density at radius 3 is 0.696 bits per heavy atom. The topological polar surface area (TPSA) is 107 Å². The molecule has 4 aromatic heterocycles. The Labute approximate surface area is 826 Å². The molecule has 0 amide bonds. The van der Waals surface area contributed by atoms with E-state index in [1.165, 1.54) is 89.1 Å². The number of nitrogens with zero attached hydrogens (tertiary/aromatic N) is 8. The molecule has 4 aliphatic heterocycles. The maximum absolute atomic E-state index is 6.26. The normalized spacial score (nSPS) is 20.2. The SMILES string of the molecule is C1=CC2CCC1C1=C2C2=C(c3ccccc3)c3[n-]c(c4c3C3C=CC4CC3)C(c3ccccc3)=C3N=C(C4=C3C3C=CC4CC3)C(c3ccccc3)=c3[n-]c(c4c3C3C=CC4CC3)=C(c3ccccc3)C1=N2.[Zn+2].[Zn+2].c1ccc(-c2c3nc(c(-c4ccccc4)c4[n-]c(c(-c5ccccc5)c5nc(c(-c6ccccc6)c6[n-]c2c2ccccc62)-c2ccccc2-5)c2ccccc42)-c2ccccc2-3)cc1. The third-order valence-corrected chi connectivity index (χ3v) is 31.5. The Morgan fingerprint density at radius 2 is 0.428 bits per heavy atom. The molecule has 0 radical (unpaired) electrons. The molecule has 8 heterocycles. The van der Waals surface area contributed by atoms with Gasteiger partial charge in [-0.05, 0) is 184 Å². The molecular weight excluding hydrogens is 1780 g/mol. The van der Waals surface area contributed by atoms with Crippen LogP contribution in [0.3, 0.4) is 0 Å². The summed E-state index contributed by atoms with van der Waals surface area (Å²) in [5.41, 5.74) is 46.5. The number of hydrogen-bond acceptors (Lipinski definition) is 4. The first-order valence-corrected chi connectivity index (χ1v) is 48.7. The van der Waals surface area contributed by atoms with Crippen LogP contribution in [0.2, 0.25) is 0 Å². The molecule has 12 aromatic carbocycles. The molecule has 0 saturated carbocycles. The van der Waals surface area contributed by atoms with Crippen LogP contribution in [0.25, 0.3) is 155 Å². The zero-order valence-corrected chi connectivity index (χ0v) is 82.2. The minimum absolute atomic E-state index is 0. The van der Waals surface area contributed by atoms with Gasteiger partial charge in [0.1, 0.15) is 0 Å². The van der Waals surface area contributed by atoms with Crippen LogP contribution in [-0.4, -0.2) is 21.4 Å². The van der Waals surface area contributed by atoms with Crippen LogP contribution in [0.1, 0.15) is 131 Å². The van der Waals surface area contributed by atoms with E-state index in [9.17, 15) is 0 Å². The average molecular weight is 1870 g/mol. The summed E-state index contributed by atoms with van der Waals surface area (Å²) in [7, 11) is 0. The molecule has 10 heteroatoms. The van der Waals surface area contributed by atoms with Gasteiger partial charge < -0.3 is 19.9 Å². The minimum Gasteiger partial charge on any atom is -0.656 e. The van der Waals surface area contributed by atoms with Crippen molar-refractivity contribution in [1.82, 2.24) is 29.9 Å². The molecule has 138 heavy (non-hydrogen) atoms. The fourth-order valence-electron chi connectivity index (χ4n) is 25.6. The standard InChI is InChI=1S/C68H52N4.C60H36N4.2Zn/c1-5-13-37(14-6-1)57-61-49-41-21-25-43(26-22-41)51(49)63(69-61)58(38-15-7-2-8-16-38)65-53-45-29-33-47(34-30-45)55(53)67(71-65)60(40-19-11-4-12-20-40)68-56-48-35-31-46(32-36-48)54(56)66(72-68)59(39-17-9-3-10-18-39)64-52-44-27-23-42(24-28-44)50(52)62(57)70-64;1-5-21-37(22-6-1)49-53-41-29-13-15-31-43(41)55(61-53)50(38-23-7-2-8-24-38)57-45-33-17-19-35-47(45)59(63-57)52(40-27-11-4-12-28-40)60-48-36-20-18-34-46(48)58(64-60)51(39-25-9-3-10-26-39)56-44-32-16-14-30-42(44)54(49)62-56;;/h1-21,23,25,27,29,31,33,35,41-48H,22,24,26,28,30,32,34,36H2;1-36H;;/q2*-2;2*+2. The summed E-state index contributed by atoms with van der Waals surface area (Å²) < 4.78 is 0. The van der Waals surface area contributed by atoms with Gasteiger partial charge in [-0.2, -0.15) is 0 Å². The second-order valence-corrected chi connectivity index (χ2v) is 38.6. The third-order valence-electron chi connectivity index (χ3n) is 31.5. The molecule has 0 spiro atoms. The minimum atomic E-state index is 0. The van der Waals surface area contributed by atoms with Crippen molar-refractivity contribution >= 4 is 77.3 Å². The quantitative estimate of drug-likeness (QED) is 0.111. The predicted octanol–water partition coefficient (Wildman–Crippen LogP) is 28.2. The van der Waals surface area contributed by atoms with Crippen molar-refractivity contribution in [3.63, 3.8) is 0 Å². The van der Waals surface area contributed by atoms with Crippen molar-refractivity contribution < 1.29 is 39.0 Å². The maximum Gasteiger partial charge on any atom is 2.00 e. The first-order chi connectivity index (χ1) is 67.5. The van der Waals surface area contributed by atoms with Crippen LogP contribution in [-0.2, 0) is 39.0 Å². The summed E-state index contributed by atoms with van der Waals surface area (Å²) in [6.45, 7) is 0. The molecule has 14 aliphatic carbocycles. The van der Waals surface area contributed by atoms with E-state index in [2.05, 4.69) is 388 Å². The van der Waals surface area contributed by atoms with Gasteiger partial charge in [0.25, 0.3) is 0 Å². The van der Waals surface area contributed by atoms with Crippen molar-refractivity contribution in [2.45, 2.75) is 75.0 Å². The fraction of sp³-hybridized carbons (Fsp3) is 0.125. The Balaban J connectivity index is 0.000000138. The molecule has 8 nitrogen and oxygen atoms in total. The van der Waals surface area contributed by atoms with Crippen LogP contribution in [0.4, 0.5) is 0 Å². The fourth-order valence-corrected chi connectivity index (χ4v) is 25.6. The monoisotopic (exact) mass is 1860 g/mol. The number of benzene rings is 12. The summed E-state index contributed by atoms with van der Waals surface area (Å²) in [5, 5.41) is 6.42. The van der Waals surface area contributed by atoms with Crippen molar-refractivity contribution in [2.75, 3.05) is 0 Å². The zero-order chi connectivity index (χ0) is 88.9. The summed E-state index contributed by atoms with van der Waals surface area (Å²) in [6, 6.07) is 122. The molecular formula is C128H88N8Zn2. The van der Waals surface area contributed by atoms with Gasteiger partial charge >= 0.3 is 39.0 Å². The number of hydrogen-bond donors (Lipinski definition) is 0. The van der Waals surface area contributed by atoms with Gasteiger partial charge in [-0.1, -0.05) is 411 Å². The van der Waals surface area contributed by atoms with E-state index in [1.807, 2.05) is 0 Å². The Bertz CT molecular complexity index is 7970. The van der Waals surface area contributed by atoms with E-state index in [0.717, 1.165) is 229 Å². The maximum atomic E-state index is 6.26. The van der Waals surface area contributed by atoms with Crippen LogP contribution < -0.4 is 30.6 Å². The second-order valence-electron chi connectivity index (χ2n) is 38.6. The number of aliphatic imine (C=N–C) groups is 2. The molecule has 16 aromatic rings. The summed E-state index contributed by atoms with van der Waals surface area (Å²) >= 11 is 0. The predicted molar refractivity (Wildman–Crippen MR) is 554 cm³/mol. The molecule has 0 fully saturated rings. The van der Waals surface area contributed by atoms with Gasteiger partial charge in [-0.25, -0.2) is 20.0 Å². The molecule has 0 saturated heterocycles. The van der Waals surface area contributed by atoms with Gasteiger partial charge in [-0.15, -0.1) is 44.2 Å². The number of allylic oxidation sites excluding steroid dienone is 12. The van der Waals surface area contributed by atoms with E-state index >= 15 is 0 Å². The Kier molecular flexibility index (Phi) is 19.7. The van der Waals surface area contributed by atoms with Gasteiger partial charge in [-0.3, -0.25) is 0 Å². The number of fused-ring (bicyclic) bond motifs is 4. The van der Waals surface area contributed by atoms with Gasteiger partial charge in [0, 0.05) is 69.6 Å². The van der Waals surface area contributed by atoms with Crippen molar-refractivity contribution in [3.05, 3.63) is 489 Å². The Morgan fingerprint density at radius 1 is 0.203 bits per heavy atom. The van der Waals surface area contributed by atoms with E-state index in [1.54, 1.807) is 0 Å². The summed E-state index contributed by atoms with van der Waals surface area (Å²) in [4.78, 5) is 48.4.